The lowest BCUT2D eigenvalue weighted by Gasteiger charge is -2.27. The van der Waals surface area contributed by atoms with Crippen molar-refractivity contribution in [2.45, 2.75) is 26.2 Å². The Morgan fingerprint density at radius 2 is 1.27 bits per heavy atom. The number of fused-ring (bicyclic) bond motifs is 9. The van der Waals surface area contributed by atoms with E-state index in [1.54, 1.807) is 0 Å². The Labute approximate surface area is 256 Å². The van der Waals surface area contributed by atoms with Crippen LogP contribution in [0.3, 0.4) is 0 Å². The molecule has 0 atom stereocenters. The second-order valence-corrected chi connectivity index (χ2v) is 12.7. The Kier molecular flexibility index (Phi) is 5.20. The third-order valence-corrected chi connectivity index (χ3v) is 9.65. The minimum absolute atomic E-state index is 0.105. The van der Waals surface area contributed by atoms with Crippen molar-refractivity contribution >= 4 is 60.5 Å². The molecule has 1 aromatic heterocycles. The number of nitrogens with zero attached hydrogens (tertiary/aromatic N) is 1. The van der Waals surface area contributed by atoms with Crippen LogP contribution >= 0.6 is 0 Å². The van der Waals surface area contributed by atoms with Gasteiger partial charge in [0.25, 0.3) is 0 Å². The molecule has 0 N–H and O–H groups in total. The molecule has 0 saturated heterocycles. The van der Waals surface area contributed by atoms with Gasteiger partial charge < -0.3 is 9.32 Å². The van der Waals surface area contributed by atoms with Gasteiger partial charge in [0.05, 0.1) is 5.69 Å². The van der Waals surface area contributed by atoms with Gasteiger partial charge in [-0.3, -0.25) is 0 Å². The van der Waals surface area contributed by atoms with Crippen LogP contribution in [0.4, 0.5) is 17.1 Å². The molecule has 210 valence electrons. The third-order valence-electron chi connectivity index (χ3n) is 9.65. The molecule has 0 aliphatic heterocycles. The molecule has 2 nitrogen and oxygen atoms in total. The van der Waals surface area contributed by atoms with Gasteiger partial charge in [-0.25, -0.2) is 0 Å². The predicted molar refractivity (Wildman–Crippen MR) is 186 cm³/mol. The van der Waals surface area contributed by atoms with Crippen LogP contribution in [-0.2, 0) is 5.41 Å². The van der Waals surface area contributed by atoms with Crippen molar-refractivity contribution in [3.8, 4) is 11.1 Å². The van der Waals surface area contributed by atoms with E-state index in [-0.39, 0.29) is 5.41 Å². The molecule has 9 rings (SSSR count). The zero-order chi connectivity index (χ0) is 29.6. The quantitative estimate of drug-likeness (QED) is 0.212. The number of hydrogen-bond acceptors (Lipinski definition) is 2. The Balaban J connectivity index is 1.26. The van der Waals surface area contributed by atoms with Crippen molar-refractivity contribution in [1.82, 2.24) is 0 Å². The average molecular weight is 566 g/mol. The summed E-state index contributed by atoms with van der Waals surface area (Å²) in [4.78, 5) is 2.34. The van der Waals surface area contributed by atoms with Gasteiger partial charge in [0.15, 0.2) is 5.58 Å². The highest BCUT2D eigenvalue weighted by molar-refractivity contribution is 6.10. The molecule has 0 bridgehead atoms. The van der Waals surface area contributed by atoms with E-state index in [0.29, 0.717) is 0 Å². The molecule has 0 spiro atoms. The zero-order valence-electron chi connectivity index (χ0n) is 25.1. The van der Waals surface area contributed by atoms with E-state index >= 15 is 0 Å². The zero-order valence-corrected chi connectivity index (χ0v) is 25.1. The van der Waals surface area contributed by atoms with E-state index in [1.807, 2.05) is 6.07 Å². The molecule has 2 heteroatoms. The van der Waals surface area contributed by atoms with E-state index < -0.39 is 0 Å². The maximum absolute atomic E-state index is 6.53. The second kappa shape index (κ2) is 9.08. The first-order chi connectivity index (χ1) is 21.5. The van der Waals surface area contributed by atoms with Crippen LogP contribution in [0.25, 0.3) is 54.6 Å². The van der Waals surface area contributed by atoms with Crippen molar-refractivity contribution in [1.29, 1.82) is 0 Å². The molecule has 0 amide bonds. The Morgan fingerprint density at radius 1 is 0.545 bits per heavy atom. The van der Waals surface area contributed by atoms with Gasteiger partial charge in [-0.1, -0.05) is 104 Å². The van der Waals surface area contributed by atoms with Crippen molar-refractivity contribution < 1.29 is 4.42 Å². The summed E-state index contributed by atoms with van der Waals surface area (Å²) in [7, 11) is 0. The van der Waals surface area contributed by atoms with Crippen molar-refractivity contribution in [2.24, 2.45) is 0 Å². The number of benzene rings is 7. The topological polar surface area (TPSA) is 16.4 Å². The predicted octanol–water partition coefficient (Wildman–Crippen LogP) is 12.0. The van der Waals surface area contributed by atoms with Crippen LogP contribution in [0.2, 0.25) is 0 Å². The molecule has 0 fully saturated rings. The van der Waals surface area contributed by atoms with Crippen LogP contribution in [0.15, 0.2) is 138 Å². The summed E-state index contributed by atoms with van der Waals surface area (Å²) in [5, 5.41) is 7.39. The first kappa shape index (κ1) is 25.2. The van der Waals surface area contributed by atoms with Gasteiger partial charge in [-0.15, -0.1) is 0 Å². The molecule has 1 aliphatic carbocycles. The fourth-order valence-electron chi connectivity index (χ4n) is 7.50. The molecular formula is C42H31NO. The van der Waals surface area contributed by atoms with Gasteiger partial charge in [0, 0.05) is 27.6 Å². The highest BCUT2D eigenvalue weighted by Gasteiger charge is 2.37. The number of anilines is 3. The highest BCUT2D eigenvalue weighted by Crippen LogP contribution is 2.53. The second-order valence-electron chi connectivity index (χ2n) is 12.7. The fraction of sp³-hybridized carbons (Fsp3) is 0.0952. The summed E-state index contributed by atoms with van der Waals surface area (Å²) >= 11 is 0. The smallest absolute Gasteiger partial charge is 0.159 e. The lowest BCUT2D eigenvalue weighted by molar-refractivity contribution is 0.667. The summed E-state index contributed by atoms with van der Waals surface area (Å²) in [6.45, 7) is 6.88. The highest BCUT2D eigenvalue weighted by atomic mass is 16.3. The first-order valence-corrected chi connectivity index (χ1v) is 15.4. The number of para-hydroxylation sites is 2. The molecule has 0 saturated carbocycles. The summed E-state index contributed by atoms with van der Waals surface area (Å²) in [5.74, 6) is 0. The molecule has 44 heavy (non-hydrogen) atoms. The lowest BCUT2D eigenvalue weighted by atomic mass is 9.80. The number of aryl methyl sites for hydroxylation is 1. The van der Waals surface area contributed by atoms with Crippen molar-refractivity contribution in [2.75, 3.05) is 4.90 Å². The monoisotopic (exact) mass is 565 g/mol. The summed E-state index contributed by atoms with van der Waals surface area (Å²) in [5.41, 5.74) is 11.7. The van der Waals surface area contributed by atoms with Crippen LogP contribution in [0, 0.1) is 6.92 Å². The minimum Gasteiger partial charge on any atom is -0.454 e. The first-order valence-electron chi connectivity index (χ1n) is 15.4. The molecule has 0 unspecified atom stereocenters. The SMILES string of the molecule is Cc1ccc(N(c2ccc3c4c(ccc3c2)-c2cc3ccccc3cc2C4(C)C)c2cccc3c2oc2ccccc23)cc1. The molecule has 0 radical (unpaired) electrons. The van der Waals surface area contributed by atoms with Crippen molar-refractivity contribution in [3.05, 3.63) is 150 Å². The average Bonchev–Trinajstić information content (AvgIpc) is 3.54. The van der Waals surface area contributed by atoms with Crippen LogP contribution < -0.4 is 4.90 Å². The number of hydrogen-bond donors (Lipinski definition) is 0. The van der Waals surface area contributed by atoms with E-state index in [1.165, 1.54) is 49.4 Å². The largest absolute Gasteiger partial charge is 0.454 e. The van der Waals surface area contributed by atoms with Gasteiger partial charge in [0.2, 0.25) is 0 Å². The van der Waals surface area contributed by atoms with E-state index in [9.17, 15) is 0 Å². The van der Waals surface area contributed by atoms with Crippen molar-refractivity contribution in [3.63, 3.8) is 0 Å². The molecule has 1 heterocycles. The minimum atomic E-state index is -0.105. The van der Waals surface area contributed by atoms with Crippen LogP contribution in [0.5, 0.6) is 0 Å². The standard InChI is InChI=1S/C42H31NO/c1-26-15-18-30(19-16-26)43(38-13-8-12-35-33-11-6-7-14-39(33)44-41(35)38)31-20-22-32-29(23-31)17-21-34-36-24-27-9-4-5-10-28(27)25-37(36)42(2,3)40(32)34/h4-25H,1-3H3. The summed E-state index contributed by atoms with van der Waals surface area (Å²) in [6.07, 6.45) is 0. The van der Waals surface area contributed by atoms with Gasteiger partial charge >= 0.3 is 0 Å². The summed E-state index contributed by atoms with van der Waals surface area (Å²) in [6, 6.07) is 48.6. The van der Waals surface area contributed by atoms with E-state index in [2.05, 4.69) is 153 Å². The molecular weight excluding hydrogens is 534 g/mol. The molecule has 1 aliphatic rings. The summed E-state index contributed by atoms with van der Waals surface area (Å²) < 4.78 is 6.53. The fourth-order valence-corrected chi connectivity index (χ4v) is 7.50. The van der Waals surface area contributed by atoms with Gasteiger partial charge in [-0.05, 0) is 99.3 Å². The van der Waals surface area contributed by atoms with Gasteiger partial charge in [0.1, 0.15) is 5.58 Å². The normalized spacial score (nSPS) is 13.5. The Hall–Kier alpha value is -5.34. The van der Waals surface area contributed by atoms with Gasteiger partial charge in [-0.2, -0.15) is 0 Å². The molecule has 7 aromatic carbocycles. The van der Waals surface area contributed by atoms with Crippen LogP contribution in [-0.4, -0.2) is 0 Å². The number of furan rings is 1. The Morgan fingerprint density at radius 3 is 2.11 bits per heavy atom. The third kappa shape index (κ3) is 3.55. The van der Waals surface area contributed by atoms with E-state index in [0.717, 1.165) is 39.0 Å². The van der Waals surface area contributed by atoms with E-state index in [4.69, 9.17) is 4.42 Å². The lowest BCUT2D eigenvalue weighted by Crippen LogP contribution is -2.15. The molecule has 8 aromatic rings. The maximum atomic E-state index is 6.53. The Bertz CT molecular complexity index is 2430. The maximum Gasteiger partial charge on any atom is 0.159 e. The number of rotatable bonds is 3. The van der Waals surface area contributed by atoms with Crippen LogP contribution in [0.1, 0.15) is 30.5 Å².